The van der Waals surface area contributed by atoms with Crippen molar-refractivity contribution in [3.8, 4) is 0 Å². The molecule has 8 nitrogen and oxygen atoms in total. The minimum absolute atomic E-state index is 0.0284. The summed E-state index contributed by atoms with van der Waals surface area (Å²) in [5, 5.41) is 16.0. The van der Waals surface area contributed by atoms with Gasteiger partial charge in [0.05, 0.1) is 19.3 Å². The number of hydrogen-bond acceptors (Lipinski definition) is 8. The van der Waals surface area contributed by atoms with Gasteiger partial charge in [0.15, 0.2) is 0 Å². The molecule has 0 bridgehead atoms. The summed E-state index contributed by atoms with van der Waals surface area (Å²) in [5.41, 5.74) is 0. The summed E-state index contributed by atoms with van der Waals surface area (Å²) in [5.74, 6) is -0.299. The fourth-order valence-corrected chi connectivity index (χ4v) is 11.3. The number of carbonyl (C=O) groups excluding carboxylic acids is 3. The Labute approximate surface area is 532 Å². The van der Waals surface area contributed by atoms with E-state index in [1.54, 1.807) is 0 Å². The Kier molecular flexibility index (Phi) is 84.8. The Morgan fingerprint density at radius 2 is 0.365 bits per heavy atom. The van der Waals surface area contributed by atoms with Crippen molar-refractivity contribution in [2.24, 2.45) is 0 Å². The van der Waals surface area contributed by atoms with Gasteiger partial charge in [-0.1, -0.05) is 394 Å². The molecular weight excluding hydrogens is 1050 g/mol. The lowest BCUT2D eigenvalue weighted by Crippen LogP contribution is -2.13. The lowest BCUT2D eigenvalue weighted by Gasteiger charge is -2.07. The lowest BCUT2D eigenvalue weighted by molar-refractivity contribution is -0.152. The number of aliphatic hydroxyl groups is 2. The van der Waals surface area contributed by atoms with E-state index in [2.05, 4.69) is 27.7 Å². The van der Waals surface area contributed by atoms with Gasteiger partial charge in [0.1, 0.15) is 13.2 Å². The van der Waals surface area contributed by atoms with Crippen molar-refractivity contribution >= 4 is 17.9 Å². The molecule has 0 radical (unpaired) electrons. The van der Waals surface area contributed by atoms with Crippen LogP contribution >= 0.6 is 0 Å². The Hall–Kier alpha value is -1.67. The molecule has 0 aromatic carbocycles. The first kappa shape index (κ1) is 87.5. The van der Waals surface area contributed by atoms with Gasteiger partial charge in [-0.05, 0) is 32.6 Å². The zero-order valence-electron chi connectivity index (χ0n) is 58.5. The highest BCUT2D eigenvalue weighted by atomic mass is 16.6. The van der Waals surface area contributed by atoms with Gasteiger partial charge < -0.3 is 24.4 Å². The van der Waals surface area contributed by atoms with Gasteiger partial charge in [0, 0.05) is 19.3 Å². The fourth-order valence-electron chi connectivity index (χ4n) is 11.3. The largest absolute Gasteiger partial charge is 0.466 e. The average Bonchev–Trinajstić information content (AvgIpc) is 3.50. The zero-order valence-corrected chi connectivity index (χ0v) is 58.5. The molecule has 0 rings (SSSR count). The van der Waals surface area contributed by atoms with Crippen LogP contribution in [0.2, 0.25) is 0 Å². The maximum Gasteiger partial charge on any atom is 0.305 e. The predicted molar refractivity (Wildman–Crippen MR) is 370 cm³/mol. The molecule has 0 heterocycles. The number of carbonyl (C=O) groups is 3. The molecule has 0 aliphatic heterocycles. The third-order valence-corrected chi connectivity index (χ3v) is 17.1. The Morgan fingerprint density at radius 3 is 0.518 bits per heavy atom. The molecule has 0 aliphatic rings. The van der Waals surface area contributed by atoms with Crippen LogP contribution in [0.3, 0.4) is 0 Å². The van der Waals surface area contributed by atoms with E-state index >= 15 is 0 Å². The average molecular weight is 1210 g/mol. The Bertz CT molecular complexity index is 1180. The van der Waals surface area contributed by atoms with Crippen molar-refractivity contribution in [2.45, 2.75) is 452 Å². The molecule has 0 aromatic heterocycles. The highest BCUT2D eigenvalue weighted by Gasteiger charge is 2.07. The van der Waals surface area contributed by atoms with Crippen LogP contribution in [0.15, 0.2) is 0 Å². The van der Waals surface area contributed by atoms with Crippen molar-refractivity contribution in [2.75, 3.05) is 26.4 Å². The first-order valence-electron chi connectivity index (χ1n) is 38.5. The number of rotatable bonds is 69. The smallest absolute Gasteiger partial charge is 0.305 e. The molecule has 2 N–H and O–H groups in total. The minimum Gasteiger partial charge on any atom is -0.466 e. The molecule has 0 spiro atoms. The number of unbranched alkanes of at least 4 members (excludes halogenated alkanes) is 57. The second-order valence-corrected chi connectivity index (χ2v) is 26.1. The lowest BCUT2D eigenvalue weighted by atomic mass is 10.0. The van der Waals surface area contributed by atoms with Crippen molar-refractivity contribution in [3.63, 3.8) is 0 Å². The Balaban J connectivity index is -0.00000147. The first-order valence-corrected chi connectivity index (χ1v) is 38.5. The van der Waals surface area contributed by atoms with Crippen LogP contribution in [0, 0.1) is 0 Å². The van der Waals surface area contributed by atoms with Gasteiger partial charge >= 0.3 is 17.9 Å². The maximum atomic E-state index is 11.9. The van der Waals surface area contributed by atoms with Crippen molar-refractivity contribution in [1.82, 2.24) is 0 Å². The molecule has 1 atom stereocenters. The van der Waals surface area contributed by atoms with Crippen LogP contribution < -0.4 is 0 Å². The summed E-state index contributed by atoms with van der Waals surface area (Å²) in [7, 11) is 0. The summed E-state index contributed by atoms with van der Waals surface area (Å²) in [6, 6.07) is 0. The van der Waals surface area contributed by atoms with E-state index in [4.69, 9.17) is 24.4 Å². The number of ether oxygens (including phenoxy) is 3. The highest BCUT2D eigenvalue weighted by Crippen LogP contribution is 2.19. The van der Waals surface area contributed by atoms with Crippen LogP contribution in [-0.4, -0.2) is 60.7 Å². The van der Waals surface area contributed by atoms with Gasteiger partial charge in [-0.2, -0.15) is 0 Å². The van der Waals surface area contributed by atoms with Crippen molar-refractivity contribution in [1.29, 1.82) is 0 Å². The van der Waals surface area contributed by atoms with E-state index in [1.807, 2.05) is 0 Å². The van der Waals surface area contributed by atoms with E-state index in [0.717, 1.165) is 38.5 Å². The number of esters is 3. The van der Waals surface area contributed by atoms with Gasteiger partial charge in [0.2, 0.25) is 0 Å². The standard InChI is InChI=1S/C38H74O4.C36H72O2.C3H8O2/c1-3-5-7-9-11-13-15-17-19-21-23-25-27-29-31-33-37(39)41-35-36-42-38(40)34-32-30-28-26-24-22-20-18-16-14-12-10-8-6-4-2;1-3-5-7-9-11-13-15-17-19-21-23-25-27-29-31-33-35-38-36(37)34-32-30-28-26-24-22-20-18-16-14-12-10-8-6-4-2;1-3(5)2-4/h3-36H2,1-2H3;3-35H2,1-2H3;3-5H,2H2,1H3. The predicted octanol–water partition coefficient (Wildman–Crippen LogP) is 25.0. The van der Waals surface area contributed by atoms with Gasteiger partial charge in [0.25, 0.3) is 0 Å². The third kappa shape index (κ3) is 88.8. The van der Waals surface area contributed by atoms with Gasteiger partial charge in [-0.3, -0.25) is 14.4 Å². The zero-order chi connectivity index (χ0) is 62.5. The molecule has 8 heteroatoms. The molecule has 0 saturated carbocycles. The molecule has 0 aromatic rings. The quantitative estimate of drug-likeness (QED) is 0.0351. The number of aliphatic hydroxyl groups excluding tert-OH is 2. The van der Waals surface area contributed by atoms with E-state index in [9.17, 15) is 14.4 Å². The molecule has 1 unspecified atom stereocenters. The molecule has 0 saturated heterocycles. The topological polar surface area (TPSA) is 119 Å². The second-order valence-electron chi connectivity index (χ2n) is 26.1. The van der Waals surface area contributed by atoms with Crippen molar-refractivity contribution in [3.05, 3.63) is 0 Å². The van der Waals surface area contributed by atoms with Crippen LogP contribution in [0.5, 0.6) is 0 Å². The SMILES string of the molecule is CC(O)CO.CCCCCCCCCCCCCCCCCC(=O)OCCOC(=O)CCCCCCCCCCCCCCCCC.CCCCCCCCCCCCCCCCCCOC(=O)CCCCCCCCCCCCCCCCC. The Morgan fingerprint density at radius 1 is 0.235 bits per heavy atom. The summed E-state index contributed by atoms with van der Waals surface area (Å²) in [6.45, 7) is 11.5. The normalized spacial score (nSPS) is 11.5. The van der Waals surface area contributed by atoms with Gasteiger partial charge in [-0.25, -0.2) is 0 Å². The van der Waals surface area contributed by atoms with Crippen LogP contribution in [0.4, 0.5) is 0 Å². The molecular formula is C77H154O8. The maximum absolute atomic E-state index is 11.9. The molecule has 0 aliphatic carbocycles. The summed E-state index contributed by atoms with van der Waals surface area (Å²) in [4.78, 5) is 35.7. The van der Waals surface area contributed by atoms with E-state index in [1.165, 1.54) is 360 Å². The fraction of sp³-hybridized carbons (Fsp3) is 0.961. The summed E-state index contributed by atoms with van der Waals surface area (Å²) < 4.78 is 15.9. The first-order chi connectivity index (χ1) is 41.8. The second kappa shape index (κ2) is 82.3. The molecule has 85 heavy (non-hydrogen) atoms. The summed E-state index contributed by atoms with van der Waals surface area (Å²) >= 11 is 0. The van der Waals surface area contributed by atoms with Crippen LogP contribution in [0.25, 0.3) is 0 Å². The van der Waals surface area contributed by atoms with Gasteiger partial charge in [-0.15, -0.1) is 0 Å². The third-order valence-electron chi connectivity index (χ3n) is 17.1. The monoisotopic (exact) mass is 1210 g/mol. The van der Waals surface area contributed by atoms with Crippen LogP contribution in [-0.2, 0) is 28.6 Å². The molecule has 0 fully saturated rings. The minimum atomic E-state index is -0.560. The van der Waals surface area contributed by atoms with E-state index in [0.29, 0.717) is 25.9 Å². The van der Waals surface area contributed by atoms with Crippen molar-refractivity contribution < 1.29 is 38.8 Å². The highest BCUT2D eigenvalue weighted by molar-refractivity contribution is 5.70. The summed E-state index contributed by atoms with van der Waals surface area (Å²) in [6.07, 6.45) is 83.0. The van der Waals surface area contributed by atoms with E-state index in [-0.39, 0.29) is 37.7 Å². The number of hydrogen-bond donors (Lipinski definition) is 2. The molecule has 0 amide bonds. The van der Waals surface area contributed by atoms with E-state index < -0.39 is 6.10 Å². The molecule has 510 valence electrons. The van der Waals surface area contributed by atoms with Crippen LogP contribution in [0.1, 0.15) is 446 Å².